The predicted molar refractivity (Wildman–Crippen MR) is 81.6 cm³/mol. The summed E-state index contributed by atoms with van der Waals surface area (Å²) in [5.41, 5.74) is 8.16. The molecule has 4 nitrogen and oxygen atoms in total. The van der Waals surface area contributed by atoms with Crippen LogP contribution in [0.2, 0.25) is 0 Å². The molecule has 0 atom stereocenters. The molecular formula is C15H18N2O2S. The lowest BCUT2D eigenvalue weighted by atomic mass is 10.2. The maximum atomic E-state index is 11.9. The number of nitrogen functional groups attached to an aromatic ring is 1. The molecular weight excluding hydrogens is 272 g/mol. The van der Waals surface area contributed by atoms with Crippen LogP contribution >= 0.6 is 0 Å². The van der Waals surface area contributed by atoms with Crippen LogP contribution in [0.3, 0.4) is 0 Å². The van der Waals surface area contributed by atoms with Crippen LogP contribution in [0.5, 0.6) is 0 Å². The van der Waals surface area contributed by atoms with E-state index in [9.17, 15) is 8.42 Å². The summed E-state index contributed by atoms with van der Waals surface area (Å²) in [7, 11) is -3.27. The molecule has 0 saturated heterocycles. The molecule has 0 amide bonds. The molecule has 0 heterocycles. The van der Waals surface area contributed by atoms with Crippen molar-refractivity contribution in [3.63, 3.8) is 0 Å². The fourth-order valence-electron chi connectivity index (χ4n) is 1.80. The highest BCUT2D eigenvalue weighted by Crippen LogP contribution is 2.06. The number of rotatable bonds is 6. The fraction of sp³-hybridized carbons (Fsp3) is 0.200. The van der Waals surface area contributed by atoms with Crippen molar-refractivity contribution in [1.82, 2.24) is 4.72 Å². The molecule has 0 aliphatic carbocycles. The first-order chi connectivity index (χ1) is 9.55. The highest BCUT2D eigenvalue weighted by molar-refractivity contribution is 7.89. The zero-order valence-electron chi connectivity index (χ0n) is 11.1. The lowest BCUT2D eigenvalue weighted by Gasteiger charge is -2.07. The van der Waals surface area contributed by atoms with Crippen LogP contribution in [-0.4, -0.2) is 14.2 Å². The summed E-state index contributed by atoms with van der Waals surface area (Å²) in [6.45, 7) is 0.289. The maximum absolute atomic E-state index is 11.9. The maximum Gasteiger partial charge on any atom is 0.212 e. The first-order valence-corrected chi connectivity index (χ1v) is 8.06. The van der Waals surface area contributed by atoms with Gasteiger partial charge in [0.2, 0.25) is 10.0 Å². The third kappa shape index (κ3) is 4.68. The van der Waals surface area contributed by atoms with E-state index in [2.05, 4.69) is 4.72 Å². The summed E-state index contributed by atoms with van der Waals surface area (Å²) in [4.78, 5) is 0. The number of hydrogen-bond acceptors (Lipinski definition) is 3. The van der Waals surface area contributed by atoms with Crippen molar-refractivity contribution in [3.8, 4) is 0 Å². The van der Waals surface area contributed by atoms with Crippen molar-refractivity contribution in [1.29, 1.82) is 0 Å². The zero-order valence-corrected chi connectivity index (χ0v) is 11.9. The predicted octanol–water partition coefficient (Wildman–Crippen LogP) is 1.93. The Balaban J connectivity index is 1.86. The third-order valence-electron chi connectivity index (χ3n) is 2.98. The van der Waals surface area contributed by atoms with Crippen LogP contribution in [-0.2, 0) is 23.0 Å². The van der Waals surface area contributed by atoms with E-state index in [1.54, 1.807) is 12.1 Å². The monoisotopic (exact) mass is 290 g/mol. The minimum atomic E-state index is -3.27. The molecule has 2 rings (SSSR count). The Labute approximate surface area is 119 Å². The smallest absolute Gasteiger partial charge is 0.212 e. The summed E-state index contributed by atoms with van der Waals surface area (Å²) >= 11 is 0. The second-order valence-corrected chi connectivity index (χ2v) is 6.54. The van der Waals surface area contributed by atoms with Gasteiger partial charge < -0.3 is 5.73 Å². The zero-order chi connectivity index (χ0) is 14.4. The molecule has 0 unspecified atom stereocenters. The molecule has 0 aliphatic heterocycles. The Kier molecular flexibility index (Phi) is 4.76. The minimum Gasteiger partial charge on any atom is -0.399 e. The van der Waals surface area contributed by atoms with Gasteiger partial charge in [-0.1, -0.05) is 42.5 Å². The summed E-state index contributed by atoms with van der Waals surface area (Å²) < 4.78 is 26.4. The van der Waals surface area contributed by atoms with E-state index in [1.165, 1.54) is 0 Å². The molecule has 0 bridgehead atoms. The molecule has 0 radical (unpaired) electrons. The first kappa shape index (κ1) is 14.6. The molecule has 20 heavy (non-hydrogen) atoms. The largest absolute Gasteiger partial charge is 0.399 e. The lowest BCUT2D eigenvalue weighted by Crippen LogP contribution is -2.26. The summed E-state index contributed by atoms with van der Waals surface area (Å²) in [5, 5.41) is 0. The number of benzene rings is 2. The van der Waals surface area contributed by atoms with Gasteiger partial charge in [0, 0.05) is 12.2 Å². The van der Waals surface area contributed by atoms with Gasteiger partial charge in [-0.2, -0.15) is 0 Å². The van der Waals surface area contributed by atoms with Crippen LogP contribution < -0.4 is 10.5 Å². The molecule has 0 aliphatic rings. The van der Waals surface area contributed by atoms with Crippen molar-refractivity contribution >= 4 is 15.7 Å². The first-order valence-electron chi connectivity index (χ1n) is 6.41. The summed E-state index contributed by atoms with van der Waals surface area (Å²) in [5.74, 6) is 0.0893. The van der Waals surface area contributed by atoms with Gasteiger partial charge >= 0.3 is 0 Å². The van der Waals surface area contributed by atoms with Gasteiger partial charge in [0.1, 0.15) is 0 Å². The number of nitrogens with two attached hydrogens (primary N) is 1. The van der Waals surface area contributed by atoms with E-state index < -0.39 is 10.0 Å². The average Bonchev–Trinajstić information content (AvgIpc) is 2.46. The minimum absolute atomic E-state index is 0.0893. The van der Waals surface area contributed by atoms with Gasteiger partial charge in [0.15, 0.2) is 0 Å². The van der Waals surface area contributed by atoms with Crippen molar-refractivity contribution in [2.45, 2.75) is 13.0 Å². The Bertz CT molecular complexity index is 637. The molecule has 2 aromatic rings. The number of hydrogen-bond donors (Lipinski definition) is 2. The van der Waals surface area contributed by atoms with E-state index in [-0.39, 0.29) is 12.3 Å². The Hall–Kier alpha value is -1.85. The lowest BCUT2D eigenvalue weighted by molar-refractivity contribution is 0.580. The highest BCUT2D eigenvalue weighted by Gasteiger charge is 2.10. The Morgan fingerprint density at radius 3 is 2.20 bits per heavy atom. The highest BCUT2D eigenvalue weighted by atomic mass is 32.2. The van der Waals surface area contributed by atoms with E-state index in [4.69, 9.17) is 5.73 Å². The van der Waals surface area contributed by atoms with Gasteiger partial charge in [-0.15, -0.1) is 0 Å². The average molecular weight is 290 g/mol. The van der Waals surface area contributed by atoms with Gasteiger partial charge in [0.05, 0.1) is 5.75 Å². The molecule has 106 valence electrons. The molecule has 5 heteroatoms. The van der Waals surface area contributed by atoms with Crippen molar-refractivity contribution in [3.05, 3.63) is 65.7 Å². The van der Waals surface area contributed by atoms with E-state index in [0.29, 0.717) is 12.1 Å². The normalized spacial score (nSPS) is 11.4. The van der Waals surface area contributed by atoms with Crippen LogP contribution in [0.15, 0.2) is 54.6 Å². The van der Waals surface area contributed by atoms with Gasteiger partial charge in [-0.25, -0.2) is 13.1 Å². The standard InChI is InChI=1S/C15H18N2O2S/c16-15-8-6-14(7-9-15)12-17-20(18,19)11-10-13-4-2-1-3-5-13/h1-9,17H,10-12,16H2. The van der Waals surface area contributed by atoms with Crippen molar-refractivity contribution in [2.24, 2.45) is 0 Å². The number of sulfonamides is 1. The number of nitrogens with one attached hydrogen (secondary N) is 1. The molecule has 0 aromatic heterocycles. The summed E-state index contributed by atoms with van der Waals surface area (Å²) in [6, 6.07) is 16.7. The number of aryl methyl sites for hydroxylation is 1. The van der Waals surface area contributed by atoms with E-state index in [1.807, 2.05) is 42.5 Å². The van der Waals surface area contributed by atoms with Crippen molar-refractivity contribution in [2.75, 3.05) is 11.5 Å². The molecule has 2 aromatic carbocycles. The fourth-order valence-corrected chi connectivity index (χ4v) is 2.83. The van der Waals surface area contributed by atoms with Gasteiger partial charge in [-0.05, 0) is 29.7 Å². The second-order valence-electron chi connectivity index (χ2n) is 4.62. The molecule has 0 fully saturated rings. The molecule has 0 spiro atoms. The third-order valence-corrected chi connectivity index (χ3v) is 4.30. The van der Waals surface area contributed by atoms with Crippen LogP contribution in [0.1, 0.15) is 11.1 Å². The van der Waals surface area contributed by atoms with Gasteiger partial charge in [-0.3, -0.25) is 0 Å². The van der Waals surface area contributed by atoms with Gasteiger partial charge in [0.25, 0.3) is 0 Å². The van der Waals surface area contributed by atoms with Crippen molar-refractivity contribution < 1.29 is 8.42 Å². The SMILES string of the molecule is Nc1ccc(CNS(=O)(=O)CCc2ccccc2)cc1. The van der Waals surface area contributed by atoms with Crippen LogP contribution in [0, 0.1) is 0 Å². The van der Waals surface area contributed by atoms with Crippen LogP contribution in [0.25, 0.3) is 0 Å². The van der Waals surface area contributed by atoms with Crippen LogP contribution in [0.4, 0.5) is 5.69 Å². The topological polar surface area (TPSA) is 72.2 Å². The molecule has 0 saturated carbocycles. The van der Waals surface area contributed by atoms with E-state index in [0.717, 1.165) is 11.1 Å². The Morgan fingerprint density at radius 2 is 1.55 bits per heavy atom. The van der Waals surface area contributed by atoms with E-state index >= 15 is 0 Å². The number of anilines is 1. The summed E-state index contributed by atoms with van der Waals surface area (Å²) in [6.07, 6.45) is 0.512. The quantitative estimate of drug-likeness (QED) is 0.799. The second kappa shape index (κ2) is 6.54. The Morgan fingerprint density at radius 1 is 0.900 bits per heavy atom. The molecule has 3 N–H and O–H groups in total.